The van der Waals surface area contributed by atoms with Crippen LogP contribution >= 0.6 is 35.3 Å². The van der Waals surface area contributed by atoms with Gasteiger partial charge < -0.3 is 16.0 Å². The van der Waals surface area contributed by atoms with E-state index in [1.807, 2.05) is 32.2 Å². The van der Waals surface area contributed by atoms with Crippen LogP contribution in [-0.4, -0.2) is 37.5 Å². The number of guanidine groups is 1. The minimum Gasteiger partial charge on any atom is -0.356 e. The van der Waals surface area contributed by atoms with Crippen LogP contribution < -0.4 is 16.0 Å². The van der Waals surface area contributed by atoms with E-state index in [1.54, 1.807) is 0 Å². The molecule has 2 rings (SSSR count). The van der Waals surface area contributed by atoms with Gasteiger partial charge >= 0.3 is 0 Å². The molecule has 0 bridgehead atoms. The van der Waals surface area contributed by atoms with E-state index in [0.29, 0.717) is 12.0 Å². The number of nitrogens with zero attached hydrogens (tertiary/aromatic N) is 1. The van der Waals surface area contributed by atoms with Crippen molar-refractivity contribution in [2.45, 2.75) is 65.0 Å². The Hall–Kier alpha value is -0.830. The largest absolute Gasteiger partial charge is 0.356 e. The molecule has 1 heterocycles. The number of hydrogen-bond acceptors (Lipinski definition) is 3. The van der Waals surface area contributed by atoms with E-state index in [4.69, 9.17) is 0 Å². The minimum atomic E-state index is 0. The molecule has 7 heteroatoms. The van der Waals surface area contributed by atoms with Crippen LogP contribution in [0.2, 0.25) is 0 Å². The van der Waals surface area contributed by atoms with Gasteiger partial charge in [-0.15, -0.1) is 35.3 Å². The van der Waals surface area contributed by atoms with Crippen molar-refractivity contribution in [1.29, 1.82) is 0 Å². The van der Waals surface area contributed by atoms with Crippen molar-refractivity contribution in [3.8, 4) is 0 Å². The molecule has 0 aromatic carbocycles. The van der Waals surface area contributed by atoms with Crippen LogP contribution in [-0.2, 0) is 11.2 Å². The summed E-state index contributed by atoms with van der Waals surface area (Å²) in [6.07, 6.45) is 5.13. The Labute approximate surface area is 185 Å². The number of thiophene rings is 1. The van der Waals surface area contributed by atoms with Crippen LogP contribution in [0.3, 0.4) is 0 Å². The molecular formula is C20H35IN4OS. The summed E-state index contributed by atoms with van der Waals surface area (Å²) in [7, 11) is 1.81. The Kier molecular flexibility index (Phi) is 11.3. The molecule has 1 aromatic heterocycles. The third-order valence-corrected chi connectivity index (χ3v) is 5.69. The number of carbonyl (C=O) groups excluding carboxylic acids is 1. The second kappa shape index (κ2) is 12.6. The number of amides is 1. The first-order chi connectivity index (χ1) is 12.5. The zero-order valence-electron chi connectivity index (χ0n) is 17.0. The van der Waals surface area contributed by atoms with Crippen LogP contribution in [0.15, 0.2) is 22.5 Å². The molecule has 1 amide bonds. The lowest BCUT2D eigenvalue weighted by Gasteiger charge is -2.30. The average Bonchev–Trinajstić information content (AvgIpc) is 3.11. The smallest absolute Gasteiger partial charge is 0.223 e. The quantitative estimate of drug-likeness (QED) is 0.300. The summed E-state index contributed by atoms with van der Waals surface area (Å²) in [4.78, 5) is 18.1. The highest BCUT2D eigenvalue weighted by molar-refractivity contribution is 14.0. The Bertz CT molecular complexity index is 577. The molecular weight excluding hydrogens is 471 g/mol. The molecule has 5 nitrogen and oxygen atoms in total. The van der Waals surface area contributed by atoms with Crippen molar-refractivity contribution in [3.05, 3.63) is 22.4 Å². The molecule has 0 saturated heterocycles. The first-order valence-corrected chi connectivity index (χ1v) is 10.7. The second-order valence-electron chi connectivity index (χ2n) is 7.71. The SMILES string of the molecule is CN=C(NCC(C)Cc1cccs1)NC1CCCC(C(=O)NC(C)C)C1.I. The summed E-state index contributed by atoms with van der Waals surface area (Å²) < 4.78 is 0. The van der Waals surface area contributed by atoms with E-state index < -0.39 is 0 Å². The number of hydrogen-bond donors (Lipinski definition) is 3. The lowest BCUT2D eigenvalue weighted by Crippen LogP contribution is -2.48. The number of aliphatic imine (C=N–C) groups is 1. The van der Waals surface area contributed by atoms with Crippen molar-refractivity contribution in [1.82, 2.24) is 16.0 Å². The Morgan fingerprint density at radius 1 is 1.33 bits per heavy atom. The summed E-state index contributed by atoms with van der Waals surface area (Å²) in [6, 6.07) is 4.81. The fourth-order valence-corrected chi connectivity index (χ4v) is 4.33. The fraction of sp³-hybridized carbons (Fsp3) is 0.700. The number of rotatable bonds is 7. The van der Waals surface area contributed by atoms with E-state index >= 15 is 0 Å². The molecule has 1 fully saturated rings. The molecule has 0 aliphatic heterocycles. The van der Waals surface area contributed by atoms with Crippen molar-refractivity contribution in [3.63, 3.8) is 0 Å². The van der Waals surface area contributed by atoms with Gasteiger partial charge in [0.05, 0.1) is 0 Å². The van der Waals surface area contributed by atoms with Gasteiger partial charge in [0.15, 0.2) is 5.96 Å². The molecule has 27 heavy (non-hydrogen) atoms. The van der Waals surface area contributed by atoms with Crippen LogP contribution in [0.1, 0.15) is 51.3 Å². The molecule has 3 unspecified atom stereocenters. The summed E-state index contributed by atoms with van der Waals surface area (Å²) in [5, 5.41) is 12.1. The van der Waals surface area contributed by atoms with Crippen molar-refractivity contribution < 1.29 is 4.79 Å². The molecule has 1 aliphatic carbocycles. The summed E-state index contributed by atoms with van der Waals surface area (Å²) in [5.41, 5.74) is 0. The van der Waals surface area contributed by atoms with Gasteiger partial charge in [-0.2, -0.15) is 0 Å². The van der Waals surface area contributed by atoms with Crippen LogP contribution in [0.5, 0.6) is 0 Å². The maximum Gasteiger partial charge on any atom is 0.223 e. The average molecular weight is 506 g/mol. The Morgan fingerprint density at radius 3 is 2.74 bits per heavy atom. The summed E-state index contributed by atoms with van der Waals surface area (Å²) >= 11 is 1.82. The van der Waals surface area contributed by atoms with Crippen molar-refractivity contribution in [2.75, 3.05) is 13.6 Å². The molecule has 1 aliphatic rings. The third-order valence-electron chi connectivity index (χ3n) is 4.79. The first-order valence-electron chi connectivity index (χ1n) is 9.77. The van der Waals surface area contributed by atoms with Gasteiger partial charge in [0.2, 0.25) is 5.91 Å². The number of halogens is 1. The highest BCUT2D eigenvalue weighted by Gasteiger charge is 2.28. The maximum absolute atomic E-state index is 12.3. The predicted octanol–water partition coefficient (Wildman–Crippen LogP) is 3.79. The van der Waals surface area contributed by atoms with E-state index in [1.165, 1.54) is 4.88 Å². The molecule has 154 valence electrons. The number of carbonyl (C=O) groups is 1. The van der Waals surface area contributed by atoms with Gasteiger partial charge in [-0.1, -0.05) is 19.4 Å². The second-order valence-corrected chi connectivity index (χ2v) is 8.74. The summed E-state index contributed by atoms with van der Waals surface area (Å²) in [6.45, 7) is 7.17. The Morgan fingerprint density at radius 2 is 2.11 bits per heavy atom. The molecule has 0 radical (unpaired) electrons. The van der Waals surface area contributed by atoms with Gasteiger partial charge in [-0.05, 0) is 56.9 Å². The van der Waals surface area contributed by atoms with Gasteiger partial charge in [-0.3, -0.25) is 9.79 Å². The van der Waals surface area contributed by atoms with E-state index in [2.05, 4.69) is 45.4 Å². The maximum atomic E-state index is 12.3. The van der Waals surface area contributed by atoms with Crippen molar-refractivity contribution >= 4 is 47.2 Å². The lowest BCUT2D eigenvalue weighted by molar-refractivity contribution is -0.126. The monoisotopic (exact) mass is 506 g/mol. The van der Waals surface area contributed by atoms with Gasteiger partial charge in [0.25, 0.3) is 0 Å². The zero-order valence-corrected chi connectivity index (χ0v) is 20.1. The van der Waals surface area contributed by atoms with E-state index in [0.717, 1.165) is 44.6 Å². The van der Waals surface area contributed by atoms with E-state index in [9.17, 15) is 4.79 Å². The lowest BCUT2D eigenvalue weighted by atomic mass is 9.85. The molecule has 0 spiro atoms. The highest BCUT2D eigenvalue weighted by atomic mass is 127. The zero-order chi connectivity index (χ0) is 18.9. The van der Waals surface area contributed by atoms with Gasteiger partial charge in [0, 0.05) is 36.5 Å². The van der Waals surface area contributed by atoms with Crippen LogP contribution in [0, 0.1) is 11.8 Å². The topological polar surface area (TPSA) is 65.5 Å². The Balaban J connectivity index is 0.00000364. The first kappa shape index (κ1) is 24.2. The molecule has 1 aromatic rings. The third kappa shape index (κ3) is 8.81. The fourth-order valence-electron chi connectivity index (χ4n) is 3.46. The molecule has 1 saturated carbocycles. The molecule has 3 atom stereocenters. The highest BCUT2D eigenvalue weighted by Crippen LogP contribution is 2.24. The van der Waals surface area contributed by atoms with Gasteiger partial charge in [-0.25, -0.2) is 0 Å². The van der Waals surface area contributed by atoms with Crippen molar-refractivity contribution in [2.24, 2.45) is 16.8 Å². The van der Waals surface area contributed by atoms with Crippen LogP contribution in [0.25, 0.3) is 0 Å². The van der Waals surface area contributed by atoms with Crippen LogP contribution in [0.4, 0.5) is 0 Å². The summed E-state index contributed by atoms with van der Waals surface area (Å²) in [5.74, 6) is 1.69. The normalized spacial score (nSPS) is 21.3. The predicted molar refractivity (Wildman–Crippen MR) is 126 cm³/mol. The van der Waals surface area contributed by atoms with E-state index in [-0.39, 0.29) is 41.8 Å². The molecule has 3 N–H and O–H groups in total. The standard InChI is InChI=1S/C20H34N4OS.HI/c1-14(2)23-19(25)16-7-5-8-17(12-16)24-20(21-4)22-13-15(3)11-18-9-6-10-26-18;/h6,9-10,14-17H,5,7-8,11-13H2,1-4H3,(H,23,25)(H2,21,22,24);1H. The minimum absolute atomic E-state index is 0. The number of nitrogens with one attached hydrogen (secondary N) is 3. The van der Waals surface area contributed by atoms with Gasteiger partial charge in [0.1, 0.15) is 0 Å².